The fourth-order valence-electron chi connectivity index (χ4n) is 2.33. The predicted molar refractivity (Wildman–Crippen MR) is 70.9 cm³/mol. The molecule has 18 heavy (non-hydrogen) atoms. The van der Waals surface area contributed by atoms with Gasteiger partial charge in [-0.1, -0.05) is 11.8 Å². The molecule has 0 bridgehead atoms. The number of carbonyl (C=O) groups is 1. The second kappa shape index (κ2) is 5.32. The Morgan fingerprint density at radius 2 is 2.33 bits per heavy atom. The van der Waals surface area contributed by atoms with Crippen molar-refractivity contribution in [2.75, 3.05) is 19.8 Å². The van der Waals surface area contributed by atoms with Crippen LogP contribution in [-0.4, -0.2) is 50.9 Å². The van der Waals surface area contributed by atoms with Crippen LogP contribution in [0.2, 0.25) is 0 Å². The van der Waals surface area contributed by atoms with Crippen LogP contribution in [0.4, 0.5) is 0 Å². The second-order valence-electron chi connectivity index (χ2n) is 4.99. The minimum Gasteiger partial charge on any atom is -0.481 e. The summed E-state index contributed by atoms with van der Waals surface area (Å²) < 4.78 is 2.08. The number of imidazole rings is 1. The number of carboxylic acid groups (broad SMARTS) is 1. The molecule has 0 spiro atoms. The third-order valence-electron chi connectivity index (χ3n) is 3.70. The molecule has 1 fully saturated rings. The van der Waals surface area contributed by atoms with Crippen LogP contribution in [0.25, 0.3) is 0 Å². The Bertz CT molecular complexity index is 427. The average Bonchev–Trinajstić information content (AvgIpc) is 2.67. The Hall–Kier alpha value is -1.01. The van der Waals surface area contributed by atoms with Crippen LogP contribution in [0, 0.1) is 0 Å². The Morgan fingerprint density at radius 3 is 2.83 bits per heavy atom. The van der Waals surface area contributed by atoms with E-state index in [1.807, 2.05) is 6.20 Å². The summed E-state index contributed by atoms with van der Waals surface area (Å²) >= 11 is 1.28. The van der Waals surface area contributed by atoms with Crippen LogP contribution in [0.1, 0.15) is 19.3 Å². The average molecular weight is 269 g/mol. The Balaban J connectivity index is 2.05. The molecule has 1 aromatic rings. The van der Waals surface area contributed by atoms with Gasteiger partial charge in [0.1, 0.15) is 0 Å². The highest BCUT2D eigenvalue weighted by molar-refractivity contribution is 7.99. The quantitative estimate of drug-likeness (QED) is 0.794. The first-order valence-electron chi connectivity index (χ1n) is 6.07. The zero-order chi connectivity index (χ0) is 13.2. The lowest BCUT2D eigenvalue weighted by atomic mass is 9.75. The minimum atomic E-state index is -0.805. The van der Waals surface area contributed by atoms with Crippen LogP contribution in [-0.2, 0) is 11.3 Å². The Morgan fingerprint density at radius 1 is 1.61 bits per heavy atom. The van der Waals surface area contributed by atoms with Crippen LogP contribution in [0.3, 0.4) is 0 Å². The van der Waals surface area contributed by atoms with E-state index < -0.39 is 5.97 Å². The summed E-state index contributed by atoms with van der Waals surface area (Å²) in [5, 5.41) is 9.51. The summed E-state index contributed by atoms with van der Waals surface area (Å²) in [6.07, 6.45) is 7.34. The lowest BCUT2D eigenvalue weighted by molar-refractivity contribution is -0.133. The maximum Gasteiger partial charge on any atom is 0.313 e. The molecule has 0 radical (unpaired) electrons. The number of aromatic nitrogens is 2. The van der Waals surface area contributed by atoms with Gasteiger partial charge < -0.3 is 14.6 Å². The Kier molecular flexibility index (Phi) is 3.97. The minimum absolute atomic E-state index is 0.0615. The first-order valence-corrected chi connectivity index (χ1v) is 7.05. The van der Waals surface area contributed by atoms with Gasteiger partial charge in [-0.05, 0) is 33.4 Å². The van der Waals surface area contributed by atoms with E-state index in [1.54, 1.807) is 6.20 Å². The van der Waals surface area contributed by atoms with Crippen LogP contribution < -0.4 is 0 Å². The van der Waals surface area contributed by atoms with Crippen molar-refractivity contribution in [1.29, 1.82) is 0 Å². The van der Waals surface area contributed by atoms with E-state index >= 15 is 0 Å². The molecule has 1 aromatic heterocycles. The predicted octanol–water partition coefficient (Wildman–Crippen LogP) is 1.54. The summed E-state index contributed by atoms with van der Waals surface area (Å²) in [7, 11) is 4.22. The molecule has 1 aliphatic rings. The van der Waals surface area contributed by atoms with Gasteiger partial charge in [-0.25, -0.2) is 4.98 Å². The highest BCUT2D eigenvalue weighted by atomic mass is 32.2. The van der Waals surface area contributed by atoms with E-state index in [4.69, 9.17) is 5.11 Å². The molecule has 100 valence electrons. The summed E-state index contributed by atoms with van der Waals surface area (Å²) in [6, 6.07) is 0. The maximum atomic E-state index is 10.6. The first kappa shape index (κ1) is 13.4. The smallest absolute Gasteiger partial charge is 0.313 e. The van der Waals surface area contributed by atoms with Gasteiger partial charge in [0.15, 0.2) is 5.16 Å². The lowest BCUT2D eigenvalue weighted by Gasteiger charge is -2.47. The van der Waals surface area contributed by atoms with Crippen molar-refractivity contribution < 1.29 is 9.90 Å². The van der Waals surface area contributed by atoms with Crippen molar-refractivity contribution in [2.45, 2.75) is 36.5 Å². The normalized spacial score (nSPS) is 17.7. The molecule has 1 aliphatic carbocycles. The number of nitrogens with zero attached hydrogens (tertiary/aromatic N) is 3. The van der Waals surface area contributed by atoms with E-state index in [-0.39, 0.29) is 11.3 Å². The van der Waals surface area contributed by atoms with Gasteiger partial charge in [0.25, 0.3) is 0 Å². The molecule has 2 rings (SSSR count). The topological polar surface area (TPSA) is 58.4 Å². The van der Waals surface area contributed by atoms with Gasteiger partial charge in [-0.3, -0.25) is 4.79 Å². The molecule has 0 amide bonds. The molecule has 0 unspecified atom stereocenters. The van der Waals surface area contributed by atoms with Crippen LogP contribution >= 0.6 is 11.8 Å². The molecule has 1 saturated carbocycles. The van der Waals surface area contributed by atoms with Crippen molar-refractivity contribution in [1.82, 2.24) is 14.5 Å². The number of aliphatic carboxylic acids is 1. The number of hydrogen-bond acceptors (Lipinski definition) is 4. The van der Waals surface area contributed by atoms with Gasteiger partial charge in [0, 0.05) is 24.5 Å². The van der Waals surface area contributed by atoms with Crippen LogP contribution in [0.5, 0.6) is 0 Å². The summed E-state index contributed by atoms with van der Waals surface area (Å²) in [4.78, 5) is 17.1. The third kappa shape index (κ3) is 2.70. The van der Waals surface area contributed by atoms with E-state index in [1.165, 1.54) is 31.0 Å². The first-order chi connectivity index (χ1) is 8.53. The zero-order valence-corrected chi connectivity index (χ0v) is 11.6. The van der Waals surface area contributed by atoms with Gasteiger partial charge in [-0.15, -0.1) is 0 Å². The van der Waals surface area contributed by atoms with E-state index in [0.717, 1.165) is 11.7 Å². The SMILES string of the molecule is CN(C)C1(Cn2ccnc2SCC(=O)O)CCC1. The Labute approximate surface area is 111 Å². The van der Waals surface area contributed by atoms with E-state index in [2.05, 4.69) is 28.5 Å². The lowest BCUT2D eigenvalue weighted by Crippen LogP contribution is -2.53. The maximum absolute atomic E-state index is 10.6. The molecule has 5 nitrogen and oxygen atoms in total. The number of thioether (sulfide) groups is 1. The van der Waals surface area contributed by atoms with Crippen molar-refractivity contribution in [2.24, 2.45) is 0 Å². The second-order valence-corrected chi connectivity index (χ2v) is 5.93. The molecule has 0 aromatic carbocycles. The molecule has 0 saturated heterocycles. The number of hydrogen-bond donors (Lipinski definition) is 1. The number of carboxylic acids is 1. The fraction of sp³-hybridized carbons (Fsp3) is 0.667. The zero-order valence-electron chi connectivity index (χ0n) is 10.8. The van der Waals surface area contributed by atoms with Crippen molar-refractivity contribution in [3.8, 4) is 0 Å². The molecular weight excluding hydrogens is 250 g/mol. The third-order valence-corrected chi connectivity index (χ3v) is 4.69. The monoisotopic (exact) mass is 269 g/mol. The van der Waals surface area contributed by atoms with E-state index in [0.29, 0.717) is 0 Å². The van der Waals surface area contributed by atoms with Gasteiger partial charge in [0.05, 0.1) is 5.75 Å². The number of rotatable bonds is 6. The highest BCUT2D eigenvalue weighted by Gasteiger charge is 2.39. The summed E-state index contributed by atoms with van der Waals surface area (Å²) in [5.41, 5.74) is 0.221. The van der Waals surface area contributed by atoms with E-state index in [9.17, 15) is 4.79 Å². The molecule has 6 heteroatoms. The molecule has 1 N–H and O–H groups in total. The fourth-order valence-corrected chi connectivity index (χ4v) is 3.01. The number of likely N-dealkylation sites (N-methyl/N-ethyl adjacent to an activating group) is 1. The van der Waals surface area contributed by atoms with Gasteiger partial charge >= 0.3 is 5.97 Å². The summed E-state index contributed by atoms with van der Waals surface area (Å²) in [6.45, 7) is 0.891. The summed E-state index contributed by atoms with van der Waals surface area (Å²) in [5.74, 6) is -0.744. The van der Waals surface area contributed by atoms with Crippen LogP contribution in [0.15, 0.2) is 17.6 Å². The van der Waals surface area contributed by atoms with Crippen molar-refractivity contribution in [3.63, 3.8) is 0 Å². The molecule has 0 atom stereocenters. The molecular formula is C12H19N3O2S. The highest BCUT2D eigenvalue weighted by Crippen LogP contribution is 2.38. The van der Waals surface area contributed by atoms with Crippen molar-refractivity contribution >= 4 is 17.7 Å². The van der Waals surface area contributed by atoms with Crippen molar-refractivity contribution in [3.05, 3.63) is 12.4 Å². The molecule has 1 heterocycles. The van der Waals surface area contributed by atoms with Gasteiger partial charge in [0.2, 0.25) is 0 Å². The largest absolute Gasteiger partial charge is 0.481 e. The standard InChI is InChI=1S/C12H19N3O2S/c1-14(2)12(4-3-5-12)9-15-7-6-13-11(15)18-8-10(16)17/h6-7H,3-5,8-9H2,1-2H3,(H,16,17). The molecule has 0 aliphatic heterocycles. The van der Waals surface area contributed by atoms with Gasteiger partial charge in [-0.2, -0.15) is 0 Å².